The predicted octanol–water partition coefficient (Wildman–Crippen LogP) is 4.11. The Balaban J connectivity index is 2.05. The second-order valence-electron chi connectivity index (χ2n) is 4.99. The summed E-state index contributed by atoms with van der Waals surface area (Å²) in [5.74, 6) is 0.969. The summed E-state index contributed by atoms with van der Waals surface area (Å²) in [6.45, 7) is 1.45. The molecule has 3 aromatic carbocycles. The molecule has 20 heavy (non-hydrogen) atoms. The molecule has 0 aromatic heterocycles. The minimum absolute atomic E-state index is 0.722. The first-order valence-electron chi connectivity index (χ1n) is 7.13. The average Bonchev–Trinajstić information content (AvgIpc) is 2.51. The van der Waals surface area contributed by atoms with Crippen LogP contribution in [0.15, 0.2) is 54.6 Å². The maximum Gasteiger partial charge on any atom is 0.127 e. The molecule has 0 saturated carbocycles. The van der Waals surface area contributed by atoms with Gasteiger partial charge < -0.3 is 10.5 Å². The van der Waals surface area contributed by atoms with Gasteiger partial charge in [-0.25, -0.2) is 0 Å². The van der Waals surface area contributed by atoms with Crippen LogP contribution >= 0.6 is 0 Å². The van der Waals surface area contributed by atoms with E-state index in [1.807, 2.05) is 0 Å². The molecule has 0 spiro atoms. The summed E-state index contributed by atoms with van der Waals surface area (Å²) in [5, 5.41) is 4.93. The van der Waals surface area contributed by atoms with Gasteiger partial charge in [-0.05, 0) is 41.6 Å². The van der Waals surface area contributed by atoms with Gasteiger partial charge in [0, 0.05) is 5.39 Å². The first kappa shape index (κ1) is 12.9. The van der Waals surface area contributed by atoms with E-state index >= 15 is 0 Å². The molecule has 0 aliphatic rings. The quantitative estimate of drug-likeness (QED) is 0.556. The van der Waals surface area contributed by atoms with Crippen molar-refractivity contribution in [2.45, 2.75) is 12.8 Å². The van der Waals surface area contributed by atoms with Crippen LogP contribution in [0.1, 0.15) is 12.8 Å². The molecule has 2 nitrogen and oxygen atoms in total. The van der Waals surface area contributed by atoms with Crippen molar-refractivity contribution < 1.29 is 4.74 Å². The molecule has 2 N–H and O–H groups in total. The Hall–Kier alpha value is -2.06. The molecule has 0 fully saturated rings. The van der Waals surface area contributed by atoms with Crippen molar-refractivity contribution in [1.29, 1.82) is 0 Å². The standard InChI is InChI=1S/C18H19NO/c19-11-5-6-12-20-18-13-14-7-1-2-8-15(14)16-9-3-4-10-17(16)18/h1-4,7-10,13H,5-6,11-12,19H2. The van der Waals surface area contributed by atoms with E-state index in [9.17, 15) is 0 Å². The second kappa shape index (κ2) is 5.93. The fraction of sp³-hybridized carbons (Fsp3) is 0.222. The Morgan fingerprint density at radius 2 is 1.50 bits per heavy atom. The number of benzene rings is 3. The highest BCUT2D eigenvalue weighted by atomic mass is 16.5. The molecular weight excluding hydrogens is 246 g/mol. The lowest BCUT2D eigenvalue weighted by molar-refractivity contribution is 0.311. The van der Waals surface area contributed by atoms with Crippen molar-refractivity contribution >= 4 is 21.5 Å². The molecule has 0 bridgehead atoms. The molecule has 0 atom stereocenters. The zero-order chi connectivity index (χ0) is 13.8. The van der Waals surface area contributed by atoms with Gasteiger partial charge in [-0.1, -0.05) is 48.5 Å². The second-order valence-corrected chi connectivity index (χ2v) is 4.99. The van der Waals surface area contributed by atoms with Crippen LogP contribution in [0.2, 0.25) is 0 Å². The summed E-state index contributed by atoms with van der Waals surface area (Å²) >= 11 is 0. The minimum Gasteiger partial charge on any atom is -0.493 e. The van der Waals surface area contributed by atoms with Crippen molar-refractivity contribution in [2.75, 3.05) is 13.2 Å². The van der Waals surface area contributed by atoms with E-state index in [0.29, 0.717) is 0 Å². The summed E-state index contributed by atoms with van der Waals surface area (Å²) in [7, 11) is 0. The number of ether oxygens (including phenoxy) is 1. The number of hydrogen-bond donors (Lipinski definition) is 1. The largest absolute Gasteiger partial charge is 0.493 e. The van der Waals surface area contributed by atoms with Crippen molar-refractivity contribution in [3.8, 4) is 5.75 Å². The van der Waals surface area contributed by atoms with Gasteiger partial charge in [-0.3, -0.25) is 0 Å². The predicted molar refractivity (Wildman–Crippen MR) is 85.2 cm³/mol. The third kappa shape index (κ3) is 2.47. The van der Waals surface area contributed by atoms with Crippen molar-refractivity contribution in [1.82, 2.24) is 0 Å². The summed E-state index contributed by atoms with van der Waals surface area (Å²) in [5.41, 5.74) is 5.52. The Morgan fingerprint density at radius 3 is 2.30 bits per heavy atom. The highest BCUT2D eigenvalue weighted by Crippen LogP contribution is 2.33. The van der Waals surface area contributed by atoms with Crippen LogP contribution in [0, 0.1) is 0 Å². The molecule has 0 unspecified atom stereocenters. The summed E-state index contributed by atoms with van der Waals surface area (Å²) in [4.78, 5) is 0. The molecule has 2 heteroatoms. The maximum absolute atomic E-state index is 5.97. The smallest absolute Gasteiger partial charge is 0.127 e. The Labute approximate surface area is 119 Å². The maximum atomic E-state index is 5.97. The lowest BCUT2D eigenvalue weighted by Crippen LogP contribution is -2.03. The Morgan fingerprint density at radius 1 is 0.800 bits per heavy atom. The van der Waals surface area contributed by atoms with Gasteiger partial charge in [0.1, 0.15) is 5.75 Å². The van der Waals surface area contributed by atoms with E-state index < -0.39 is 0 Å². The van der Waals surface area contributed by atoms with Crippen LogP contribution in [0.5, 0.6) is 5.75 Å². The van der Waals surface area contributed by atoms with E-state index in [2.05, 4.69) is 54.6 Å². The van der Waals surface area contributed by atoms with Gasteiger partial charge in [0.15, 0.2) is 0 Å². The van der Waals surface area contributed by atoms with Crippen LogP contribution in [-0.2, 0) is 0 Å². The minimum atomic E-state index is 0.722. The highest BCUT2D eigenvalue weighted by molar-refractivity contribution is 6.10. The van der Waals surface area contributed by atoms with Gasteiger partial charge >= 0.3 is 0 Å². The molecule has 0 radical (unpaired) electrons. The fourth-order valence-electron chi connectivity index (χ4n) is 2.57. The van der Waals surface area contributed by atoms with Crippen LogP contribution in [0.3, 0.4) is 0 Å². The van der Waals surface area contributed by atoms with Gasteiger partial charge in [0.25, 0.3) is 0 Å². The monoisotopic (exact) mass is 265 g/mol. The van der Waals surface area contributed by atoms with E-state index in [1.54, 1.807) is 0 Å². The van der Waals surface area contributed by atoms with Gasteiger partial charge in [-0.2, -0.15) is 0 Å². The molecule has 0 aliphatic carbocycles. The fourth-order valence-corrected chi connectivity index (χ4v) is 2.57. The zero-order valence-corrected chi connectivity index (χ0v) is 11.5. The highest BCUT2D eigenvalue weighted by Gasteiger charge is 2.06. The normalized spacial score (nSPS) is 11.1. The van der Waals surface area contributed by atoms with E-state index in [4.69, 9.17) is 10.5 Å². The Kier molecular flexibility index (Phi) is 3.84. The van der Waals surface area contributed by atoms with Gasteiger partial charge in [-0.15, -0.1) is 0 Å². The molecule has 0 aliphatic heterocycles. The van der Waals surface area contributed by atoms with Crippen LogP contribution in [-0.4, -0.2) is 13.2 Å². The molecule has 0 heterocycles. The van der Waals surface area contributed by atoms with Crippen molar-refractivity contribution in [3.63, 3.8) is 0 Å². The molecular formula is C18H19NO. The average molecular weight is 265 g/mol. The van der Waals surface area contributed by atoms with Crippen molar-refractivity contribution in [2.24, 2.45) is 5.73 Å². The first-order valence-corrected chi connectivity index (χ1v) is 7.13. The third-order valence-electron chi connectivity index (χ3n) is 3.59. The van der Waals surface area contributed by atoms with Crippen LogP contribution in [0.25, 0.3) is 21.5 Å². The first-order chi connectivity index (χ1) is 9.90. The topological polar surface area (TPSA) is 35.2 Å². The van der Waals surface area contributed by atoms with Gasteiger partial charge in [0.05, 0.1) is 6.61 Å². The lowest BCUT2D eigenvalue weighted by atomic mass is 10.0. The molecule has 102 valence electrons. The number of fused-ring (bicyclic) bond motifs is 3. The van der Waals surface area contributed by atoms with Crippen molar-refractivity contribution in [3.05, 3.63) is 54.6 Å². The molecule has 3 rings (SSSR count). The SMILES string of the molecule is NCCCCOc1cc2ccccc2c2ccccc12. The summed E-state index contributed by atoms with van der Waals surface area (Å²) in [6.07, 6.45) is 2.00. The third-order valence-corrected chi connectivity index (χ3v) is 3.59. The Bertz CT molecular complexity index is 721. The van der Waals surface area contributed by atoms with Gasteiger partial charge in [0.2, 0.25) is 0 Å². The van der Waals surface area contributed by atoms with Crippen LogP contribution < -0.4 is 10.5 Å². The molecule has 0 amide bonds. The van der Waals surface area contributed by atoms with E-state index in [1.165, 1.54) is 21.5 Å². The number of rotatable bonds is 5. The number of unbranched alkanes of at least 4 members (excludes halogenated alkanes) is 1. The summed E-state index contributed by atoms with van der Waals surface area (Å²) in [6, 6.07) is 19.0. The number of hydrogen-bond acceptors (Lipinski definition) is 2. The molecule has 3 aromatic rings. The van der Waals surface area contributed by atoms with E-state index in [0.717, 1.165) is 31.7 Å². The number of nitrogens with two attached hydrogens (primary N) is 1. The summed E-state index contributed by atoms with van der Waals surface area (Å²) < 4.78 is 5.97. The lowest BCUT2D eigenvalue weighted by Gasteiger charge is -2.12. The zero-order valence-electron chi connectivity index (χ0n) is 11.5. The van der Waals surface area contributed by atoms with Crippen LogP contribution in [0.4, 0.5) is 0 Å². The van der Waals surface area contributed by atoms with E-state index in [-0.39, 0.29) is 0 Å². The molecule has 0 saturated heterocycles.